The number of esters is 1. The molecule has 1 atom stereocenters. The largest absolute Gasteiger partial charge is 0.462 e. The average Bonchev–Trinajstić information content (AvgIpc) is 2.87. The summed E-state index contributed by atoms with van der Waals surface area (Å²) in [6, 6.07) is 16.3. The highest BCUT2D eigenvalue weighted by molar-refractivity contribution is 5.69. The summed E-state index contributed by atoms with van der Waals surface area (Å²) >= 11 is 0. The number of benzene rings is 2. The minimum Gasteiger partial charge on any atom is -0.462 e. The van der Waals surface area contributed by atoms with Crippen LogP contribution in [0.5, 0.6) is 0 Å². The molecule has 35 heavy (non-hydrogen) atoms. The summed E-state index contributed by atoms with van der Waals surface area (Å²) in [6.07, 6.45) is 9.10. The number of carbonyl (C=O) groups excluding carboxylic acids is 1. The first-order valence-corrected chi connectivity index (χ1v) is 12.4. The average molecular weight is 483 g/mol. The van der Waals surface area contributed by atoms with Gasteiger partial charge in [-0.25, -0.2) is 4.39 Å². The molecule has 1 aliphatic heterocycles. The molecule has 2 aromatic carbocycles. The number of hydrogen-bond donors (Lipinski definition) is 1. The molecule has 6 heteroatoms. The van der Waals surface area contributed by atoms with Crippen LogP contribution >= 0.6 is 0 Å². The number of halogens is 1. The Labute approximate surface area is 209 Å². The molecule has 1 fully saturated rings. The fourth-order valence-corrected chi connectivity index (χ4v) is 4.12. The number of likely N-dealkylation sites (tertiary alicyclic amines) is 1. The lowest BCUT2D eigenvalue weighted by molar-refractivity contribution is -0.151. The van der Waals surface area contributed by atoms with Crippen molar-refractivity contribution in [1.29, 1.82) is 0 Å². The first-order chi connectivity index (χ1) is 17.0. The number of hydrogen-bond acceptors (Lipinski definition) is 5. The molecule has 2 aromatic rings. The molecule has 190 valence electrons. The maximum atomic E-state index is 12.3. The monoisotopic (exact) mass is 482 g/mol. The van der Waals surface area contributed by atoms with Crippen molar-refractivity contribution in [2.45, 2.75) is 51.0 Å². The van der Waals surface area contributed by atoms with Crippen molar-refractivity contribution in [3.8, 4) is 12.3 Å². The van der Waals surface area contributed by atoms with Crippen LogP contribution in [0.15, 0.2) is 54.6 Å². The van der Waals surface area contributed by atoms with Gasteiger partial charge in [-0.05, 0) is 61.4 Å². The SMILES string of the molecule is C#CCOCCN1CCC(OC(=O)CCC(C)c2ccccc2CCN)CC1.Fc1ccccc1. The minimum atomic E-state index is -0.178. The van der Waals surface area contributed by atoms with Gasteiger partial charge in [-0.15, -0.1) is 6.42 Å². The van der Waals surface area contributed by atoms with Gasteiger partial charge < -0.3 is 20.1 Å². The van der Waals surface area contributed by atoms with Gasteiger partial charge in [-0.1, -0.05) is 55.3 Å². The fraction of sp³-hybridized carbons (Fsp3) is 0.483. The van der Waals surface area contributed by atoms with Crippen LogP contribution < -0.4 is 5.73 Å². The predicted molar refractivity (Wildman–Crippen MR) is 138 cm³/mol. The third-order valence-corrected chi connectivity index (χ3v) is 6.08. The van der Waals surface area contributed by atoms with E-state index in [-0.39, 0.29) is 17.9 Å². The molecule has 1 saturated heterocycles. The van der Waals surface area contributed by atoms with E-state index in [1.165, 1.54) is 23.3 Å². The Morgan fingerprint density at radius 1 is 1.17 bits per heavy atom. The van der Waals surface area contributed by atoms with Crippen LogP contribution in [0.1, 0.15) is 49.7 Å². The highest BCUT2D eigenvalue weighted by Crippen LogP contribution is 2.25. The van der Waals surface area contributed by atoms with Crippen LogP contribution in [-0.4, -0.2) is 56.4 Å². The number of nitrogens with two attached hydrogens (primary N) is 1. The van der Waals surface area contributed by atoms with Gasteiger partial charge in [0.15, 0.2) is 0 Å². The Balaban J connectivity index is 0.000000527. The number of piperidine rings is 1. The van der Waals surface area contributed by atoms with Gasteiger partial charge >= 0.3 is 5.97 Å². The maximum absolute atomic E-state index is 12.3. The van der Waals surface area contributed by atoms with E-state index in [0.717, 1.165) is 45.3 Å². The molecular weight excluding hydrogens is 443 g/mol. The van der Waals surface area contributed by atoms with Crippen molar-refractivity contribution in [3.05, 3.63) is 71.5 Å². The second-order valence-corrected chi connectivity index (χ2v) is 8.76. The van der Waals surface area contributed by atoms with E-state index in [2.05, 4.69) is 35.9 Å². The lowest BCUT2D eigenvalue weighted by Crippen LogP contribution is -2.39. The second kappa shape index (κ2) is 16.8. The third-order valence-electron chi connectivity index (χ3n) is 6.08. The van der Waals surface area contributed by atoms with E-state index in [1.807, 2.05) is 6.07 Å². The molecule has 1 heterocycles. The van der Waals surface area contributed by atoms with Crippen molar-refractivity contribution in [1.82, 2.24) is 4.90 Å². The molecule has 0 spiro atoms. The molecule has 0 bridgehead atoms. The van der Waals surface area contributed by atoms with Gasteiger partial charge in [0, 0.05) is 26.1 Å². The smallest absolute Gasteiger partial charge is 0.306 e. The van der Waals surface area contributed by atoms with Crippen molar-refractivity contribution in [3.63, 3.8) is 0 Å². The Bertz CT molecular complexity index is 892. The van der Waals surface area contributed by atoms with Crippen LogP contribution in [0, 0.1) is 18.2 Å². The normalized spacial score (nSPS) is 14.9. The lowest BCUT2D eigenvalue weighted by atomic mass is 9.91. The van der Waals surface area contributed by atoms with E-state index in [9.17, 15) is 9.18 Å². The van der Waals surface area contributed by atoms with Crippen molar-refractivity contribution in [2.75, 3.05) is 39.4 Å². The zero-order chi connectivity index (χ0) is 25.3. The summed E-state index contributed by atoms with van der Waals surface area (Å²) in [5, 5.41) is 0. The predicted octanol–water partition coefficient (Wildman–Crippen LogP) is 4.55. The quantitative estimate of drug-likeness (QED) is 0.289. The zero-order valence-corrected chi connectivity index (χ0v) is 20.8. The van der Waals surface area contributed by atoms with Gasteiger partial charge in [0.05, 0.1) is 6.61 Å². The Morgan fingerprint density at radius 3 is 2.49 bits per heavy atom. The topological polar surface area (TPSA) is 64.8 Å². The Hall–Kier alpha value is -2.72. The van der Waals surface area contributed by atoms with Crippen LogP contribution in [0.3, 0.4) is 0 Å². The highest BCUT2D eigenvalue weighted by Gasteiger charge is 2.22. The lowest BCUT2D eigenvalue weighted by Gasteiger charge is -2.31. The molecule has 5 nitrogen and oxygen atoms in total. The third kappa shape index (κ3) is 11.5. The molecular formula is C29H39FN2O3. The molecule has 0 radical (unpaired) electrons. The summed E-state index contributed by atoms with van der Waals surface area (Å²) in [5.41, 5.74) is 8.29. The Morgan fingerprint density at radius 2 is 1.86 bits per heavy atom. The fourth-order valence-electron chi connectivity index (χ4n) is 4.12. The standard InChI is InChI=1S/C23H34N2O3.C6H5F/c1-3-17-27-18-16-25-14-11-21(12-15-25)28-23(26)9-8-19(2)22-7-5-4-6-20(22)10-13-24;7-6-4-2-1-3-5-6/h1,4-7,19,21H,8-18,24H2,2H3;1-5H. The Kier molecular flexibility index (Phi) is 13.7. The summed E-state index contributed by atoms with van der Waals surface area (Å²) in [5.74, 6) is 2.53. The van der Waals surface area contributed by atoms with Crippen molar-refractivity contribution < 1.29 is 18.7 Å². The maximum Gasteiger partial charge on any atom is 0.306 e. The number of nitrogens with zero attached hydrogens (tertiary/aromatic N) is 1. The van der Waals surface area contributed by atoms with Gasteiger partial charge in [0.25, 0.3) is 0 Å². The zero-order valence-electron chi connectivity index (χ0n) is 20.8. The number of carbonyl (C=O) groups is 1. The van der Waals surface area contributed by atoms with Gasteiger partial charge in [-0.3, -0.25) is 4.79 Å². The molecule has 1 unspecified atom stereocenters. The number of rotatable bonds is 11. The first kappa shape index (κ1) is 28.5. The van der Waals surface area contributed by atoms with E-state index < -0.39 is 0 Å². The first-order valence-electron chi connectivity index (χ1n) is 12.4. The van der Waals surface area contributed by atoms with E-state index >= 15 is 0 Å². The van der Waals surface area contributed by atoms with E-state index in [0.29, 0.717) is 32.1 Å². The summed E-state index contributed by atoms with van der Waals surface area (Å²) in [7, 11) is 0. The summed E-state index contributed by atoms with van der Waals surface area (Å²) in [6.45, 7) is 6.56. The van der Waals surface area contributed by atoms with Crippen LogP contribution in [0.25, 0.3) is 0 Å². The van der Waals surface area contributed by atoms with Crippen LogP contribution in [-0.2, 0) is 20.7 Å². The van der Waals surface area contributed by atoms with Gasteiger partial charge in [-0.2, -0.15) is 0 Å². The molecule has 0 aromatic heterocycles. The van der Waals surface area contributed by atoms with Crippen LogP contribution in [0.2, 0.25) is 0 Å². The van der Waals surface area contributed by atoms with Gasteiger partial charge in [0.2, 0.25) is 0 Å². The summed E-state index contributed by atoms with van der Waals surface area (Å²) in [4.78, 5) is 14.6. The van der Waals surface area contributed by atoms with Crippen LogP contribution in [0.4, 0.5) is 4.39 Å². The molecule has 0 aliphatic carbocycles. The van der Waals surface area contributed by atoms with Crippen molar-refractivity contribution in [2.24, 2.45) is 5.73 Å². The highest BCUT2D eigenvalue weighted by atomic mass is 19.1. The minimum absolute atomic E-state index is 0.0372. The summed E-state index contributed by atoms with van der Waals surface area (Å²) < 4.78 is 22.9. The van der Waals surface area contributed by atoms with E-state index in [1.54, 1.807) is 18.2 Å². The van der Waals surface area contributed by atoms with E-state index in [4.69, 9.17) is 21.6 Å². The number of ether oxygens (including phenoxy) is 2. The molecule has 0 saturated carbocycles. The second-order valence-electron chi connectivity index (χ2n) is 8.76. The van der Waals surface area contributed by atoms with Crippen molar-refractivity contribution >= 4 is 5.97 Å². The van der Waals surface area contributed by atoms with Gasteiger partial charge in [0.1, 0.15) is 18.5 Å². The number of terminal acetylenes is 1. The molecule has 2 N–H and O–H groups in total. The molecule has 0 amide bonds. The molecule has 1 aliphatic rings. The molecule has 3 rings (SSSR count).